The molecule has 0 unspecified atom stereocenters. The van der Waals surface area contributed by atoms with Crippen LogP contribution in [-0.2, 0) is 20.0 Å². The summed E-state index contributed by atoms with van der Waals surface area (Å²) in [7, 11) is 1.93. The van der Waals surface area contributed by atoms with Crippen molar-refractivity contribution in [1.82, 2.24) is 14.1 Å². The molecule has 0 aliphatic rings. The van der Waals surface area contributed by atoms with Crippen LogP contribution in [0.3, 0.4) is 0 Å². The molecule has 3 aromatic heterocycles. The molecule has 0 amide bonds. The molecule has 0 N–H and O–H groups in total. The standard InChI is InChI=1S/C17H19N3O2S/c1-5-12-7-14-16(23-12)18-9-20(17(14)22)8-15(21)13-6-10(2)19(4)11(13)3/h6-7,9H,5,8H2,1-4H3. The van der Waals surface area contributed by atoms with Crippen molar-refractivity contribution >= 4 is 27.3 Å². The van der Waals surface area contributed by atoms with Gasteiger partial charge in [-0.25, -0.2) is 4.98 Å². The highest BCUT2D eigenvalue weighted by atomic mass is 32.1. The molecule has 3 rings (SSSR count). The van der Waals surface area contributed by atoms with Gasteiger partial charge in [0.2, 0.25) is 0 Å². The predicted octanol–water partition coefficient (Wildman–Crippen LogP) is 2.86. The molecule has 23 heavy (non-hydrogen) atoms. The van der Waals surface area contributed by atoms with Crippen molar-refractivity contribution in [1.29, 1.82) is 0 Å². The van der Waals surface area contributed by atoms with Crippen LogP contribution >= 0.6 is 11.3 Å². The molecule has 0 aliphatic heterocycles. The second kappa shape index (κ2) is 5.77. The molecule has 0 spiro atoms. The number of hydrogen-bond acceptors (Lipinski definition) is 4. The molecule has 3 heterocycles. The molecule has 3 aromatic rings. The molecule has 0 atom stereocenters. The monoisotopic (exact) mass is 329 g/mol. The fourth-order valence-electron chi connectivity index (χ4n) is 2.67. The summed E-state index contributed by atoms with van der Waals surface area (Å²) >= 11 is 1.53. The number of aromatic nitrogens is 3. The van der Waals surface area contributed by atoms with E-state index in [9.17, 15) is 9.59 Å². The zero-order valence-corrected chi connectivity index (χ0v) is 14.5. The van der Waals surface area contributed by atoms with Crippen molar-refractivity contribution in [3.05, 3.63) is 50.6 Å². The van der Waals surface area contributed by atoms with Crippen LogP contribution in [0.1, 0.15) is 33.5 Å². The van der Waals surface area contributed by atoms with E-state index in [0.717, 1.165) is 27.5 Å². The Bertz CT molecular complexity index is 962. The summed E-state index contributed by atoms with van der Waals surface area (Å²) in [6.45, 7) is 5.94. The summed E-state index contributed by atoms with van der Waals surface area (Å²) in [5.74, 6) is -0.0691. The second-order valence-corrected chi connectivity index (χ2v) is 6.84. The van der Waals surface area contributed by atoms with Crippen LogP contribution in [0.15, 0.2) is 23.3 Å². The minimum atomic E-state index is -0.149. The fourth-order valence-corrected chi connectivity index (χ4v) is 3.60. The molecule has 0 bridgehead atoms. The van der Waals surface area contributed by atoms with E-state index < -0.39 is 0 Å². The Kier molecular flexibility index (Phi) is 3.93. The summed E-state index contributed by atoms with van der Waals surface area (Å²) in [5.41, 5.74) is 2.46. The number of aryl methyl sites for hydroxylation is 2. The average molecular weight is 329 g/mol. The van der Waals surface area contributed by atoms with Crippen LogP contribution in [0.25, 0.3) is 10.2 Å². The van der Waals surface area contributed by atoms with Gasteiger partial charge in [0.1, 0.15) is 4.83 Å². The molecule has 6 heteroatoms. The van der Waals surface area contributed by atoms with Crippen molar-refractivity contribution in [2.24, 2.45) is 7.05 Å². The maximum Gasteiger partial charge on any atom is 0.262 e. The van der Waals surface area contributed by atoms with Gasteiger partial charge in [-0.2, -0.15) is 0 Å². The van der Waals surface area contributed by atoms with Crippen LogP contribution in [0.4, 0.5) is 0 Å². The Balaban J connectivity index is 1.98. The molecule has 5 nitrogen and oxygen atoms in total. The van der Waals surface area contributed by atoms with E-state index in [2.05, 4.69) is 4.98 Å². The number of nitrogens with zero attached hydrogens (tertiary/aromatic N) is 3. The van der Waals surface area contributed by atoms with E-state index in [1.165, 1.54) is 22.2 Å². The number of carbonyl (C=O) groups is 1. The molecule has 0 saturated carbocycles. The Morgan fingerprint density at radius 1 is 1.30 bits per heavy atom. The minimum Gasteiger partial charge on any atom is -0.351 e. The number of rotatable bonds is 4. The average Bonchev–Trinajstić information content (AvgIpc) is 3.07. The van der Waals surface area contributed by atoms with Crippen molar-refractivity contribution < 1.29 is 4.79 Å². The fraction of sp³-hybridized carbons (Fsp3) is 0.353. The van der Waals surface area contributed by atoms with Gasteiger partial charge < -0.3 is 4.57 Å². The third-order valence-electron chi connectivity index (χ3n) is 4.31. The number of ketones is 1. The minimum absolute atomic E-state index is 0.0172. The van der Waals surface area contributed by atoms with E-state index >= 15 is 0 Å². The maximum absolute atomic E-state index is 12.6. The quantitative estimate of drug-likeness (QED) is 0.692. The van der Waals surface area contributed by atoms with E-state index in [-0.39, 0.29) is 17.9 Å². The largest absolute Gasteiger partial charge is 0.351 e. The van der Waals surface area contributed by atoms with E-state index in [0.29, 0.717) is 10.9 Å². The third kappa shape index (κ3) is 2.63. The summed E-state index contributed by atoms with van der Waals surface area (Å²) in [6.07, 6.45) is 2.35. The lowest BCUT2D eigenvalue weighted by atomic mass is 10.1. The smallest absolute Gasteiger partial charge is 0.262 e. The number of fused-ring (bicyclic) bond motifs is 1. The summed E-state index contributed by atoms with van der Waals surface area (Å²) in [5, 5.41) is 0.600. The summed E-state index contributed by atoms with van der Waals surface area (Å²) < 4.78 is 3.38. The predicted molar refractivity (Wildman–Crippen MR) is 92.5 cm³/mol. The second-order valence-electron chi connectivity index (χ2n) is 5.73. The Morgan fingerprint density at radius 2 is 2.04 bits per heavy atom. The van der Waals surface area contributed by atoms with E-state index in [1.807, 2.05) is 44.5 Å². The van der Waals surface area contributed by atoms with Gasteiger partial charge in [0.15, 0.2) is 5.78 Å². The molecule has 120 valence electrons. The lowest BCUT2D eigenvalue weighted by molar-refractivity contribution is 0.0970. The number of hydrogen-bond donors (Lipinski definition) is 0. The SMILES string of the molecule is CCc1cc2c(=O)n(CC(=O)c3cc(C)n(C)c3C)cnc2s1. The first-order valence-electron chi connectivity index (χ1n) is 7.56. The molecule has 0 aromatic carbocycles. The maximum atomic E-state index is 12.6. The van der Waals surface area contributed by atoms with Gasteiger partial charge in [0.25, 0.3) is 5.56 Å². The topological polar surface area (TPSA) is 56.9 Å². The lowest BCUT2D eigenvalue weighted by Gasteiger charge is -2.05. The first-order chi connectivity index (χ1) is 10.9. The van der Waals surface area contributed by atoms with Gasteiger partial charge in [-0.3, -0.25) is 14.2 Å². The van der Waals surface area contributed by atoms with Gasteiger partial charge in [-0.15, -0.1) is 11.3 Å². The number of carbonyl (C=O) groups excluding carboxylic acids is 1. The first-order valence-corrected chi connectivity index (χ1v) is 8.38. The Labute approximate surface area is 138 Å². The van der Waals surface area contributed by atoms with Crippen molar-refractivity contribution in [2.75, 3.05) is 0 Å². The highest BCUT2D eigenvalue weighted by molar-refractivity contribution is 7.18. The van der Waals surface area contributed by atoms with Crippen LogP contribution in [0, 0.1) is 13.8 Å². The number of thiophene rings is 1. The van der Waals surface area contributed by atoms with Gasteiger partial charge in [0, 0.05) is 28.9 Å². The van der Waals surface area contributed by atoms with Crippen molar-refractivity contribution in [2.45, 2.75) is 33.7 Å². The highest BCUT2D eigenvalue weighted by Crippen LogP contribution is 2.21. The van der Waals surface area contributed by atoms with E-state index in [4.69, 9.17) is 0 Å². The van der Waals surface area contributed by atoms with Crippen LogP contribution in [-0.4, -0.2) is 19.9 Å². The molecule has 0 aliphatic carbocycles. The van der Waals surface area contributed by atoms with Gasteiger partial charge in [-0.1, -0.05) is 6.92 Å². The number of Topliss-reactive ketones (excluding diaryl/α,β-unsaturated/α-hetero) is 1. The van der Waals surface area contributed by atoms with Gasteiger partial charge in [-0.05, 0) is 32.4 Å². The molecule has 0 saturated heterocycles. The summed E-state index contributed by atoms with van der Waals surface area (Å²) in [6, 6.07) is 3.75. The molecule has 0 radical (unpaired) electrons. The Morgan fingerprint density at radius 3 is 2.65 bits per heavy atom. The Hall–Kier alpha value is -2.21. The van der Waals surface area contributed by atoms with E-state index in [1.54, 1.807) is 0 Å². The molecular weight excluding hydrogens is 310 g/mol. The lowest BCUT2D eigenvalue weighted by Crippen LogP contribution is -2.24. The highest BCUT2D eigenvalue weighted by Gasteiger charge is 2.16. The zero-order valence-electron chi connectivity index (χ0n) is 13.7. The molecule has 0 fully saturated rings. The molecular formula is C17H19N3O2S. The van der Waals surface area contributed by atoms with Crippen molar-refractivity contribution in [3.63, 3.8) is 0 Å². The summed E-state index contributed by atoms with van der Waals surface area (Å²) in [4.78, 5) is 31.3. The van der Waals surface area contributed by atoms with Crippen LogP contribution < -0.4 is 5.56 Å². The van der Waals surface area contributed by atoms with Gasteiger partial charge >= 0.3 is 0 Å². The van der Waals surface area contributed by atoms with Crippen molar-refractivity contribution in [3.8, 4) is 0 Å². The van der Waals surface area contributed by atoms with Gasteiger partial charge in [0.05, 0.1) is 18.3 Å². The normalized spacial score (nSPS) is 11.3. The zero-order chi connectivity index (χ0) is 16.7. The third-order valence-corrected chi connectivity index (χ3v) is 5.49. The first kappa shape index (κ1) is 15.7. The van der Waals surface area contributed by atoms with Crippen LogP contribution in [0.5, 0.6) is 0 Å². The van der Waals surface area contributed by atoms with Crippen LogP contribution in [0.2, 0.25) is 0 Å².